The second kappa shape index (κ2) is 7.72. The molecular weight excluding hydrogens is 320 g/mol. The van der Waals surface area contributed by atoms with Gasteiger partial charge in [-0.25, -0.2) is 13.6 Å². The Morgan fingerprint density at radius 1 is 1.29 bits per heavy atom. The molecule has 1 heterocycles. The van der Waals surface area contributed by atoms with E-state index in [-0.39, 0.29) is 23.7 Å². The van der Waals surface area contributed by atoms with Gasteiger partial charge in [-0.1, -0.05) is 6.07 Å². The van der Waals surface area contributed by atoms with Crippen molar-refractivity contribution in [3.05, 3.63) is 42.1 Å². The zero-order valence-corrected chi connectivity index (χ0v) is 13.2. The number of pyridine rings is 1. The van der Waals surface area contributed by atoms with Gasteiger partial charge in [-0.15, -0.1) is 0 Å². The average Bonchev–Trinajstić information content (AvgIpc) is 2.57. The van der Waals surface area contributed by atoms with Gasteiger partial charge >= 0.3 is 5.97 Å². The van der Waals surface area contributed by atoms with Crippen LogP contribution in [0.3, 0.4) is 0 Å². The van der Waals surface area contributed by atoms with Crippen molar-refractivity contribution < 1.29 is 28.2 Å². The van der Waals surface area contributed by atoms with Crippen LogP contribution in [0.2, 0.25) is 0 Å². The number of aromatic hydroxyl groups is 1. The lowest BCUT2D eigenvalue weighted by Crippen LogP contribution is -2.26. The number of carbonyl (C=O) groups is 1. The molecule has 1 atom stereocenters. The van der Waals surface area contributed by atoms with E-state index in [1.54, 1.807) is 19.1 Å². The van der Waals surface area contributed by atoms with Gasteiger partial charge in [0.15, 0.2) is 17.6 Å². The second-order valence-corrected chi connectivity index (χ2v) is 4.94. The monoisotopic (exact) mass is 337 g/mol. The molecule has 0 aliphatic carbocycles. The number of nitrogens with zero attached hydrogens (tertiary/aromatic N) is 1. The number of phenolic OH excluding ortho intramolecular Hbond substituents is 1. The molecule has 0 saturated carbocycles. The zero-order chi connectivity index (χ0) is 17.7. The van der Waals surface area contributed by atoms with Gasteiger partial charge in [0.2, 0.25) is 0 Å². The SMILES string of the molecule is CCOC(=O)C(C)Oc1cccc(-c2ccc(C(F)F)cn2)c1O. The summed E-state index contributed by atoms with van der Waals surface area (Å²) in [5.74, 6) is -0.708. The van der Waals surface area contributed by atoms with Crippen LogP contribution in [0.5, 0.6) is 11.5 Å². The lowest BCUT2D eigenvalue weighted by molar-refractivity contribution is -0.150. The quantitative estimate of drug-likeness (QED) is 0.814. The number of hydrogen-bond acceptors (Lipinski definition) is 5. The predicted octanol–water partition coefficient (Wildman–Crippen LogP) is 3.72. The van der Waals surface area contributed by atoms with Crippen molar-refractivity contribution in [2.45, 2.75) is 26.4 Å². The Labute approximate surface area is 137 Å². The number of esters is 1. The van der Waals surface area contributed by atoms with E-state index in [2.05, 4.69) is 4.98 Å². The Bertz CT molecular complexity index is 704. The fourth-order valence-electron chi connectivity index (χ4n) is 2.02. The molecule has 1 unspecified atom stereocenters. The molecule has 0 aliphatic heterocycles. The first-order valence-corrected chi connectivity index (χ1v) is 7.33. The van der Waals surface area contributed by atoms with E-state index in [0.717, 1.165) is 6.20 Å². The first kappa shape index (κ1) is 17.7. The smallest absolute Gasteiger partial charge is 0.347 e. The number of hydrogen-bond donors (Lipinski definition) is 1. The molecule has 2 aromatic rings. The lowest BCUT2D eigenvalue weighted by Gasteiger charge is -2.15. The molecule has 0 aliphatic rings. The minimum absolute atomic E-state index is 0.0767. The number of alkyl halides is 2. The molecule has 1 aromatic heterocycles. The predicted molar refractivity (Wildman–Crippen MR) is 83.0 cm³/mol. The van der Waals surface area contributed by atoms with Crippen molar-refractivity contribution in [3.63, 3.8) is 0 Å². The van der Waals surface area contributed by atoms with E-state index in [9.17, 15) is 18.7 Å². The number of carbonyl (C=O) groups excluding carboxylic acids is 1. The summed E-state index contributed by atoms with van der Waals surface area (Å²) in [5, 5.41) is 10.3. The summed E-state index contributed by atoms with van der Waals surface area (Å²) in [5.41, 5.74) is 0.414. The summed E-state index contributed by atoms with van der Waals surface area (Å²) in [6.07, 6.45) is -2.46. The normalized spacial score (nSPS) is 12.0. The van der Waals surface area contributed by atoms with Crippen LogP contribution in [-0.4, -0.2) is 28.8 Å². The Kier molecular flexibility index (Phi) is 5.68. The molecule has 0 saturated heterocycles. The summed E-state index contributed by atoms with van der Waals surface area (Å²) >= 11 is 0. The molecule has 1 aromatic carbocycles. The molecular formula is C17H17F2NO4. The van der Waals surface area contributed by atoms with Gasteiger partial charge in [-0.3, -0.25) is 4.98 Å². The fraction of sp³-hybridized carbons (Fsp3) is 0.294. The molecule has 0 fully saturated rings. The van der Waals surface area contributed by atoms with Crippen molar-refractivity contribution >= 4 is 5.97 Å². The second-order valence-electron chi connectivity index (χ2n) is 4.94. The standard InChI is InChI=1S/C17H17F2NO4/c1-3-23-17(22)10(2)24-14-6-4-5-12(15(14)21)13-8-7-11(9-20-13)16(18)19/h4-10,16,21H,3H2,1-2H3. The number of benzene rings is 1. The van der Waals surface area contributed by atoms with Crippen molar-refractivity contribution in [2.24, 2.45) is 0 Å². The molecule has 0 radical (unpaired) electrons. The highest BCUT2D eigenvalue weighted by molar-refractivity contribution is 5.75. The maximum Gasteiger partial charge on any atom is 0.347 e. The maximum atomic E-state index is 12.6. The van der Waals surface area contributed by atoms with Crippen molar-refractivity contribution in [3.8, 4) is 22.8 Å². The van der Waals surface area contributed by atoms with E-state index in [4.69, 9.17) is 9.47 Å². The highest BCUT2D eigenvalue weighted by Gasteiger charge is 2.19. The largest absolute Gasteiger partial charge is 0.504 e. The van der Waals surface area contributed by atoms with Crippen LogP contribution in [0.4, 0.5) is 8.78 Å². The Morgan fingerprint density at radius 2 is 2.04 bits per heavy atom. The molecule has 2 rings (SSSR count). The Balaban J connectivity index is 2.25. The minimum Gasteiger partial charge on any atom is -0.504 e. The molecule has 1 N–H and O–H groups in total. The van der Waals surface area contributed by atoms with Crippen molar-refractivity contribution in [2.75, 3.05) is 6.61 Å². The number of aromatic nitrogens is 1. The maximum absolute atomic E-state index is 12.6. The third kappa shape index (κ3) is 3.98. The highest BCUT2D eigenvalue weighted by Crippen LogP contribution is 2.37. The third-order valence-corrected chi connectivity index (χ3v) is 3.24. The topological polar surface area (TPSA) is 68.7 Å². The van der Waals surface area contributed by atoms with Crippen LogP contribution in [-0.2, 0) is 9.53 Å². The van der Waals surface area contributed by atoms with Crippen molar-refractivity contribution in [1.29, 1.82) is 0 Å². The number of phenols is 1. The molecule has 5 nitrogen and oxygen atoms in total. The van der Waals surface area contributed by atoms with Crippen molar-refractivity contribution in [1.82, 2.24) is 4.98 Å². The fourth-order valence-corrected chi connectivity index (χ4v) is 2.02. The van der Waals surface area contributed by atoms with Gasteiger partial charge in [0, 0.05) is 17.3 Å². The van der Waals surface area contributed by atoms with Gasteiger partial charge in [0.05, 0.1) is 12.3 Å². The zero-order valence-electron chi connectivity index (χ0n) is 13.2. The first-order valence-electron chi connectivity index (χ1n) is 7.33. The average molecular weight is 337 g/mol. The van der Waals surface area contributed by atoms with Gasteiger partial charge in [-0.2, -0.15) is 0 Å². The highest BCUT2D eigenvalue weighted by atomic mass is 19.3. The van der Waals surface area contributed by atoms with Gasteiger partial charge in [0.25, 0.3) is 6.43 Å². The molecule has 7 heteroatoms. The summed E-state index contributed by atoms with van der Waals surface area (Å²) in [6.45, 7) is 3.40. The number of halogens is 2. The van der Waals surface area contributed by atoms with E-state index in [1.807, 2.05) is 0 Å². The number of rotatable bonds is 6. The van der Waals surface area contributed by atoms with Gasteiger partial charge in [-0.05, 0) is 38.1 Å². The van der Waals surface area contributed by atoms with Crippen LogP contribution >= 0.6 is 0 Å². The van der Waals surface area contributed by atoms with Gasteiger partial charge < -0.3 is 14.6 Å². The van der Waals surface area contributed by atoms with Crippen LogP contribution in [0.15, 0.2) is 36.5 Å². The first-order chi connectivity index (χ1) is 11.4. The lowest BCUT2D eigenvalue weighted by atomic mass is 10.1. The molecule has 0 bridgehead atoms. The summed E-state index contributed by atoms with van der Waals surface area (Å²) in [6, 6.07) is 7.28. The molecule has 128 valence electrons. The number of para-hydroxylation sites is 1. The Hall–Kier alpha value is -2.70. The van der Waals surface area contributed by atoms with Crippen LogP contribution in [0.25, 0.3) is 11.3 Å². The summed E-state index contributed by atoms with van der Waals surface area (Å²) in [4.78, 5) is 15.5. The third-order valence-electron chi connectivity index (χ3n) is 3.24. The Morgan fingerprint density at radius 3 is 2.62 bits per heavy atom. The van der Waals surface area contributed by atoms with E-state index >= 15 is 0 Å². The van der Waals surface area contributed by atoms with E-state index in [0.29, 0.717) is 11.3 Å². The van der Waals surface area contributed by atoms with Crippen LogP contribution < -0.4 is 4.74 Å². The van der Waals surface area contributed by atoms with Crippen LogP contribution in [0, 0.1) is 0 Å². The molecule has 0 amide bonds. The van der Waals surface area contributed by atoms with Crippen LogP contribution in [0.1, 0.15) is 25.8 Å². The molecule has 0 spiro atoms. The molecule has 24 heavy (non-hydrogen) atoms. The summed E-state index contributed by atoms with van der Waals surface area (Å²) in [7, 11) is 0. The van der Waals surface area contributed by atoms with Gasteiger partial charge in [0.1, 0.15) is 0 Å². The van der Waals surface area contributed by atoms with E-state index < -0.39 is 18.5 Å². The van der Waals surface area contributed by atoms with E-state index in [1.165, 1.54) is 25.1 Å². The minimum atomic E-state index is -2.61. The number of ether oxygens (including phenoxy) is 2. The summed E-state index contributed by atoms with van der Waals surface area (Å²) < 4.78 is 35.4.